The van der Waals surface area contributed by atoms with Crippen LogP contribution in [-0.4, -0.2) is 9.97 Å². The topological polar surface area (TPSA) is 25.8 Å². The molecule has 21 heavy (non-hydrogen) atoms. The van der Waals surface area contributed by atoms with Crippen LogP contribution in [0.1, 0.15) is 5.56 Å². The second kappa shape index (κ2) is 5.41. The van der Waals surface area contributed by atoms with Gasteiger partial charge in [0.15, 0.2) is 5.82 Å². The van der Waals surface area contributed by atoms with E-state index in [0.29, 0.717) is 26.8 Å². The molecule has 0 aliphatic heterocycles. The molecular formula is C15H8Cl3FN2. The molecule has 0 fully saturated rings. The number of nitrogens with zero attached hydrogens (tertiary/aromatic N) is 2. The third-order valence-corrected chi connectivity index (χ3v) is 4.13. The molecule has 0 radical (unpaired) electrons. The first-order valence-electron chi connectivity index (χ1n) is 6.05. The molecule has 0 saturated carbocycles. The molecule has 0 unspecified atom stereocenters. The normalized spacial score (nSPS) is 11.1. The molecule has 0 saturated heterocycles. The van der Waals surface area contributed by atoms with Gasteiger partial charge in [-0.15, -0.1) is 0 Å². The second-order valence-electron chi connectivity index (χ2n) is 4.55. The zero-order valence-electron chi connectivity index (χ0n) is 10.8. The highest BCUT2D eigenvalue weighted by Gasteiger charge is 2.14. The van der Waals surface area contributed by atoms with Crippen LogP contribution in [0.15, 0.2) is 30.3 Å². The first-order chi connectivity index (χ1) is 9.97. The van der Waals surface area contributed by atoms with Crippen molar-refractivity contribution in [3.63, 3.8) is 0 Å². The van der Waals surface area contributed by atoms with Crippen molar-refractivity contribution in [2.45, 2.75) is 6.92 Å². The molecule has 2 nitrogen and oxygen atoms in total. The highest BCUT2D eigenvalue weighted by Crippen LogP contribution is 2.32. The molecule has 1 heterocycles. The van der Waals surface area contributed by atoms with Gasteiger partial charge < -0.3 is 0 Å². The van der Waals surface area contributed by atoms with Gasteiger partial charge in [0.2, 0.25) is 0 Å². The van der Waals surface area contributed by atoms with Crippen molar-refractivity contribution in [1.29, 1.82) is 0 Å². The maximum atomic E-state index is 14.0. The average Bonchev–Trinajstić information content (AvgIpc) is 2.45. The SMILES string of the molecule is Cc1ccc(-c2nc(Cl)c3c(Cl)ccc(F)c3n2)cc1Cl. The van der Waals surface area contributed by atoms with Crippen molar-refractivity contribution < 1.29 is 4.39 Å². The number of halogens is 4. The Labute approximate surface area is 135 Å². The Balaban J connectivity index is 2.30. The van der Waals surface area contributed by atoms with Crippen LogP contribution >= 0.6 is 34.8 Å². The summed E-state index contributed by atoms with van der Waals surface area (Å²) in [6, 6.07) is 8.04. The Hall–Kier alpha value is -1.42. The number of hydrogen-bond donors (Lipinski definition) is 0. The van der Waals surface area contributed by atoms with E-state index in [1.54, 1.807) is 12.1 Å². The third-order valence-electron chi connectivity index (χ3n) is 3.14. The standard InChI is InChI=1S/C15H8Cl3FN2/c1-7-2-3-8(6-10(7)17)15-20-13-11(19)5-4-9(16)12(13)14(18)21-15/h2-6H,1H3. The third kappa shape index (κ3) is 2.57. The second-order valence-corrected chi connectivity index (χ2v) is 5.73. The fourth-order valence-corrected chi connectivity index (χ4v) is 2.73. The van der Waals surface area contributed by atoms with Gasteiger partial charge in [0, 0.05) is 10.6 Å². The fourth-order valence-electron chi connectivity index (χ4n) is 1.99. The largest absolute Gasteiger partial charge is 0.225 e. The Kier molecular flexibility index (Phi) is 3.74. The Morgan fingerprint density at radius 1 is 0.952 bits per heavy atom. The summed E-state index contributed by atoms with van der Waals surface area (Å²) in [4.78, 5) is 8.41. The molecule has 0 aliphatic rings. The minimum atomic E-state index is -0.502. The van der Waals surface area contributed by atoms with Crippen molar-refractivity contribution in [3.8, 4) is 11.4 Å². The molecule has 6 heteroatoms. The molecule has 0 spiro atoms. The maximum absolute atomic E-state index is 14.0. The van der Waals surface area contributed by atoms with E-state index in [1.807, 2.05) is 13.0 Å². The van der Waals surface area contributed by atoms with Gasteiger partial charge >= 0.3 is 0 Å². The molecule has 0 atom stereocenters. The molecule has 0 aliphatic carbocycles. The summed E-state index contributed by atoms with van der Waals surface area (Å²) < 4.78 is 14.0. The van der Waals surface area contributed by atoms with E-state index < -0.39 is 5.82 Å². The first kappa shape index (κ1) is 14.5. The summed E-state index contributed by atoms with van der Waals surface area (Å²) >= 11 is 18.2. The average molecular weight is 342 g/mol. The van der Waals surface area contributed by atoms with E-state index in [-0.39, 0.29) is 10.7 Å². The summed E-state index contributed by atoms with van der Waals surface area (Å²) in [5.74, 6) is -0.200. The van der Waals surface area contributed by atoms with Crippen LogP contribution in [0.5, 0.6) is 0 Å². The Bertz CT molecular complexity index is 865. The number of aromatic nitrogens is 2. The lowest BCUT2D eigenvalue weighted by Gasteiger charge is -2.08. The van der Waals surface area contributed by atoms with E-state index >= 15 is 0 Å². The summed E-state index contributed by atoms with van der Waals surface area (Å²) in [5, 5.41) is 1.31. The van der Waals surface area contributed by atoms with Crippen molar-refractivity contribution in [1.82, 2.24) is 9.97 Å². The lowest BCUT2D eigenvalue weighted by atomic mass is 10.1. The van der Waals surface area contributed by atoms with Crippen molar-refractivity contribution in [2.75, 3.05) is 0 Å². The zero-order chi connectivity index (χ0) is 15.1. The summed E-state index contributed by atoms with van der Waals surface area (Å²) in [6.07, 6.45) is 0. The smallest absolute Gasteiger partial charge is 0.161 e. The van der Waals surface area contributed by atoms with Crippen LogP contribution in [0.3, 0.4) is 0 Å². The molecule has 3 aromatic rings. The highest BCUT2D eigenvalue weighted by molar-refractivity contribution is 6.41. The van der Waals surface area contributed by atoms with E-state index in [2.05, 4.69) is 9.97 Å². The summed E-state index contributed by atoms with van der Waals surface area (Å²) in [6.45, 7) is 1.89. The number of fused-ring (bicyclic) bond motifs is 1. The van der Waals surface area contributed by atoms with Gasteiger partial charge in [-0.05, 0) is 30.7 Å². The number of hydrogen-bond acceptors (Lipinski definition) is 2. The molecule has 0 N–H and O–H groups in total. The Morgan fingerprint density at radius 3 is 2.43 bits per heavy atom. The van der Waals surface area contributed by atoms with Crippen LogP contribution in [-0.2, 0) is 0 Å². The Morgan fingerprint density at radius 2 is 1.71 bits per heavy atom. The van der Waals surface area contributed by atoms with Gasteiger partial charge in [0.1, 0.15) is 16.5 Å². The fraction of sp³-hybridized carbons (Fsp3) is 0.0667. The predicted molar refractivity (Wildman–Crippen MR) is 84.7 cm³/mol. The van der Waals surface area contributed by atoms with Gasteiger partial charge in [0.25, 0.3) is 0 Å². The lowest BCUT2D eigenvalue weighted by Crippen LogP contribution is -1.95. The molecule has 2 aromatic carbocycles. The van der Waals surface area contributed by atoms with Gasteiger partial charge in [-0.2, -0.15) is 0 Å². The molecule has 0 amide bonds. The van der Waals surface area contributed by atoms with Crippen LogP contribution in [0.4, 0.5) is 4.39 Å². The maximum Gasteiger partial charge on any atom is 0.161 e. The number of benzene rings is 2. The number of aryl methyl sites for hydroxylation is 1. The van der Waals surface area contributed by atoms with E-state index in [9.17, 15) is 4.39 Å². The monoisotopic (exact) mass is 340 g/mol. The molecular weight excluding hydrogens is 334 g/mol. The van der Waals surface area contributed by atoms with Crippen molar-refractivity contribution in [2.24, 2.45) is 0 Å². The summed E-state index contributed by atoms with van der Waals surface area (Å²) in [7, 11) is 0. The minimum Gasteiger partial charge on any atom is -0.225 e. The van der Waals surface area contributed by atoms with Gasteiger partial charge in [-0.25, -0.2) is 14.4 Å². The molecule has 0 bridgehead atoms. The van der Waals surface area contributed by atoms with Crippen LogP contribution in [0, 0.1) is 12.7 Å². The van der Waals surface area contributed by atoms with E-state index in [0.717, 1.165) is 5.56 Å². The molecule has 1 aromatic heterocycles. The van der Waals surface area contributed by atoms with E-state index in [4.69, 9.17) is 34.8 Å². The zero-order valence-corrected chi connectivity index (χ0v) is 13.1. The van der Waals surface area contributed by atoms with Crippen LogP contribution < -0.4 is 0 Å². The van der Waals surface area contributed by atoms with Crippen LogP contribution in [0.2, 0.25) is 15.2 Å². The van der Waals surface area contributed by atoms with Gasteiger partial charge in [-0.1, -0.05) is 46.9 Å². The highest BCUT2D eigenvalue weighted by atomic mass is 35.5. The minimum absolute atomic E-state index is 0.0918. The van der Waals surface area contributed by atoms with Gasteiger partial charge in [0.05, 0.1) is 10.4 Å². The quantitative estimate of drug-likeness (QED) is 0.530. The summed E-state index contributed by atoms with van der Waals surface area (Å²) in [5.41, 5.74) is 1.68. The lowest BCUT2D eigenvalue weighted by molar-refractivity contribution is 0.636. The first-order valence-corrected chi connectivity index (χ1v) is 7.18. The number of rotatable bonds is 1. The van der Waals surface area contributed by atoms with E-state index in [1.165, 1.54) is 12.1 Å². The van der Waals surface area contributed by atoms with Crippen molar-refractivity contribution >= 4 is 45.7 Å². The predicted octanol–water partition coefficient (Wildman–Crippen LogP) is 5.70. The van der Waals surface area contributed by atoms with Crippen LogP contribution in [0.25, 0.3) is 22.3 Å². The van der Waals surface area contributed by atoms with Crippen molar-refractivity contribution in [3.05, 3.63) is 56.9 Å². The van der Waals surface area contributed by atoms with Gasteiger partial charge in [-0.3, -0.25) is 0 Å². The molecule has 106 valence electrons. The molecule has 3 rings (SSSR count).